The van der Waals surface area contributed by atoms with Crippen LogP contribution in [0.5, 0.6) is 5.75 Å². The summed E-state index contributed by atoms with van der Waals surface area (Å²) in [4.78, 5) is 15.9. The number of ether oxygens (including phenoxy) is 1. The van der Waals surface area contributed by atoms with Crippen molar-refractivity contribution in [2.45, 2.75) is 38.7 Å². The van der Waals surface area contributed by atoms with E-state index >= 15 is 0 Å². The molecule has 1 aromatic heterocycles. The van der Waals surface area contributed by atoms with Gasteiger partial charge in [0, 0.05) is 55.8 Å². The van der Waals surface area contributed by atoms with Crippen LogP contribution in [0.4, 0.5) is 0 Å². The number of methoxy groups -OCH3 is 1. The van der Waals surface area contributed by atoms with E-state index in [1.807, 2.05) is 42.5 Å². The molecule has 0 saturated carbocycles. The van der Waals surface area contributed by atoms with Crippen molar-refractivity contribution < 1.29 is 14.6 Å². The van der Waals surface area contributed by atoms with Crippen molar-refractivity contribution in [1.82, 2.24) is 20.0 Å². The van der Waals surface area contributed by atoms with Gasteiger partial charge in [-0.25, -0.2) is 0 Å². The zero-order valence-corrected chi connectivity index (χ0v) is 23.2. The van der Waals surface area contributed by atoms with Crippen molar-refractivity contribution >= 4 is 27.5 Å². The summed E-state index contributed by atoms with van der Waals surface area (Å²) >= 11 is 0. The Hall–Kier alpha value is -4.24. The summed E-state index contributed by atoms with van der Waals surface area (Å²) in [5, 5.41) is 22.6. The molecule has 2 heterocycles. The minimum Gasteiger partial charge on any atom is -0.496 e. The highest BCUT2D eigenvalue weighted by molar-refractivity contribution is 5.95. The van der Waals surface area contributed by atoms with Gasteiger partial charge in [-0.3, -0.25) is 14.4 Å². The Labute approximate surface area is 239 Å². The minimum atomic E-state index is -0.728. The summed E-state index contributed by atoms with van der Waals surface area (Å²) in [5.74, 6) is 0.641. The average molecular weight is 550 g/mol. The quantitative estimate of drug-likeness (QED) is 0.257. The fourth-order valence-electron chi connectivity index (χ4n) is 5.89. The van der Waals surface area contributed by atoms with Crippen molar-refractivity contribution in [2.24, 2.45) is 5.73 Å². The van der Waals surface area contributed by atoms with Gasteiger partial charge in [0.05, 0.1) is 19.8 Å². The first-order valence-corrected chi connectivity index (χ1v) is 14.0. The van der Waals surface area contributed by atoms with Crippen LogP contribution in [0.25, 0.3) is 21.5 Å². The molecule has 4 N–H and O–H groups in total. The zero-order valence-electron chi connectivity index (χ0n) is 23.2. The van der Waals surface area contributed by atoms with E-state index in [0.717, 1.165) is 63.6 Å². The summed E-state index contributed by atoms with van der Waals surface area (Å²) in [5.41, 5.74) is 10.3. The topological polar surface area (TPSA) is 106 Å². The van der Waals surface area contributed by atoms with Crippen molar-refractivity contribution in [3.8, 4) is 5.75 Å². The monoisotopic (exact) mass is 549 g/mol. The number of carbonyl (C=O) groups is 1. The second-order valence-electron chi connectivity index (χ2n) is 10.6. The first kappa shape index (κ1) is 27.0. The smallest absolute Gasteiger partial charge is 0.272 e. The van der Waals surface area contributed by atoms with Crippen LogP contribution in [-0.2, 0) is 32.6 Å². The minimum absolute atomic E-state index is 0.133. The number of fused-ring (bicyclic) bond motifs is 3. The van der Waals surface area contributed by atoms with Gasteiger partial charge in [0.15, 0.2) is 5.69 Å². The number of nitrogens with two attached hydrogens (primary N) is 1. The highest BCUT2D eigenvalue weighted by Gasteiger charge is 2.29. The van der Waals surface area contributed by atoms with E-state index in [1.165, 1.54) is 5.56 Å². The molecule has 0 fully saturated rings. The van der Waals surface area contributed by atoms with Crippen LogP contribution >= 0.6 is 0 Å². The van der Waals surface area contributed by atoms with Crippen LogP contribution in [0.3, 0.4) is 0 Å². The molecule has 8 heteroatoms. The number of nitrogens with one attached hydrogen (secondary N) is 1. The molecule has 1 atom stereocenters. The Bertz CT molecular complexity index is 1710. The normalized spacial score (nSPS) is 14.2. The van der Waals surface area contributed by atoms with Crippen molar-refractivity contribution in [3.63, 3.8) is 0 Å². The highest BCUT2D eigenvalue weighted by atomic mass is 16.5. The molecular weight excluding hydrogens is 514 g/mol. The number of aromatic nitrogens is 2. The van der Waals surface area contributed by atoms with Gasteiger partial charge in [0.25, 0.3) is 5.91 Å². The molecule has 0 spiro atoms. The third-order valence-electron chi connectivity index (χ3n) is 7.99. The second-order valence-corrected chi connectivity index (χ2v) is 10.6. The van der Waals surface area contributed by atoms with Crippen LogP contribution in [0.1, 0.15) is 32.9 Å². The lowest BCUT2D eigenvalue weighted by Crippen LogP contribution is -2.33. The molecule has 0 saturated heterocycles. The maximum Gasteiger partial charge on any atom is 0.272 e. The molecule has 1 aliphatic heterocycles. The van der Waals surface area contributed by atoms with Crippen molar-refractivity contribution in [2.75, 3.05) is 20.2 Å². The predicted octanol–water partition coefficient (Wildman–Crippen LogP) is 4.01. The van der Waals surface area contributed by atoms with Gasteiger partial charge in [0.1, 0.15) is 5.75 Å². The van der Waals surface area contributed by atoms with Gasteiger partial charge in [-0.2, -0.15) is 5.10 Å². The Kier molecular flexibility index (Phi) is 7.69. The molecule has 0 bridgehead atoms. The van der Waals surface area contributed by atoms with E-state index in [-0.39, 0.29) is 19.0 Å². The Balaban J connectivity index is 1.27. The summed E-state index contributed by atoms with van der Waals surface area (Å²) < 4.78 is 7.36. The lowest BCUT2D eigenvalue weighted by Gasteiger charge is -2.28. The molecule has 1 amide bonds. The SMILES string of the molecule is COc1ccc(CN2CCc3c(c(C(=O)NCc4cccc5ccccc45)nn3CC(O)CN)C2)c2ccccc12. The molecular formula is C33H35N5O3. The van der Waals surface area contributed by atoms with Crippen molar-refractivity contribution in [3.05, 3.63) is 107 Å². The second kappa shape index (κ2) is 11.7. The standard InChI is InChI=1S/C33H35N5O3/c1-41-31-14-13-24(27-11-4-5-12-28(27)31)19-37-16-15-30-29(21-37)32(36-38(30)20-25(39)17-34)33(40)35-18-23-9-6-8-22-7-2-3-10-26(22)23/h2-14,25,39H,15-21,34H2,1H3,(H,35,40). The first-order valence-electron chi connectivity index (χ1n) is 14.0. The van der Waals surface area contributed by atoms with Crippen molar-refractivity contribution in [1.29, 1.82) is 0 Å². The van der Waals surface area contributed by atoms with Gasteiger partial charge in [0.2, 0.25) is 0 Å². The molecule has 6 rings (SSSR count). The highest BCUT2D eigenvalue weighted by Crippen LogP contribution is 2.31. The summed E-state index contributed by atoms with van der Waals surface area (Å²) in [6, 6.07) is 26.7. The lowest BCUT2D eigenvalue weighted by atomic mass is 10.0. The fraction of sp³-hybridized carbons (Fsp3) is 0.273. The maximum absolute atomic E-state index is 13.6. The van der Waals surface area contributed by atoms with Crippen LogP contribution in [0.15, 0.2) is 78.9 Å². The Morgan fingerprint density at radius 1 is 1.00 bits per heavy atom. The van der Waals surface area contributed by atoms with Gasteiger partial charge < -0.3 is 20.9 Å². The van der Waals surface area contributed by atoms with Crippen LogP contribution in [-0.4, -0.2) is 52.0 Å². The number of rotatable bonds is 9. The predicted molar refractivity (Wildman–Crippen MR) is 161 cm³/mol. The van der Waals surface area contributed by atoms with E-state index < -0.39 is 6.10 Å². The van der Waals surface area contributed by atoms with E-state index in [0.29, 0.717) is 18.8 Å². The molecule has 1 unspecified atom stereocenters. The van der Waals surface area contributed by atoms with Gasteiger partial charge in [-0.1, -0.05) is 72.8 Å². The van der Waals surface area contributed by atoms with Gasteiger partial charge >= 0.3 is 0 Å². The number of nitrogens with zero attached hydrogens (tertiary/aromatic N) is 3. The van der Waals surface area contributed by atoms with Crippen LogP contribution in [0, 0.1) is 0 Å². The summed E-state index contributed by atoms with van der Waals surface area (Å²) in [7, 11) is 1.69. The molecule has 0 aliphatic carbocycles. The Morgan fingerprint density at radius 2 is 1.76 bits per heavy atom. The Morgan fingerprint density at radius 3 is 2.56 bits per heavy atom. The average Bonchev–Trinajstić information content (AvgIpc) is 3.37. The third kappa shape index (κ3) is 5.41. The third-order valence-corrected chi connectivity index (χ3v) is 7.99. The maximum atomic E-state index is 13.6. The van der Waals surface area contributed by atoms with E-state index in [4.69, 9.17) is 15.6 Å². The molecule has 41 heavy (non-hydrogen) atoms. The number of aliphatic hydroxyl groups is 1. The van der Waals surface area contributed by atoms with E-state index in [1.54, 1.807) is 11.8 Å². The number of hydrogen-bond acceptors (Lipinski definition) is 6. The number of benzene rings is 4. The lowest BCUT2D eigenvalue weighted by molar-refractivity contribution is 0.0941. The van der Waals surface area contributed by atoms with E-state index in [9.17, 15) is 9.90 Å². The molecule has 210 valence electrons. The molecule has 8 nitrogen and oxygen atoms in total. The molecule has 1 aliphatic rings. The number of hydrogen-bond donors (Lipinski definition) is 3. The molecule has 4 aromatic carbocycles. The first-order chi connectivity index (χ1) is 20.1. The summed E-state index contributed by atoms with van der Waals surface area (Å²) in [6.07, 6.45) is -0.00101. The number of aliphatic hydroxyl groups excluding tert-OH is 1. The number of carbonyl (C=O) groups excluding carboxylic acids is 1. The number of amides is 1. The van der Waals surface area contributed by atoms with E-state index in [2.05, 4.69) is 46.6 Å². The molecule has 5 aromatic rings. The zero-order chi connectivity index (χ0) is 28.3. The van der Waals surface area contributed by atoms with Crippen LogP contribution in [0.2, 0.25) is 0 Å². The van der Waals surface area contributed by atoms with Gasteiger partial charge in [-0.15, -0.1) is 0 Å². The van der Waals surface area contributed by atoms with Crippen LogP contribution < -0.4 is 15.8 Å². The van der Waals surface area contributed by atoms with Gasteiger partial charge in [-0.05, 0) is 33.4 Å². The summed E-state index contributed by atoms with van der Waals surface area (Å²) in [6.45, 7) is 2.93. The fourth-order valence-corrected chi connectivity index (χ4v) is 5.89. The molecule has 0 radical (unpaired) electrons. The largest absolute Gasteiger partial charge is 0.496 e.